The number of hydrogen-bond acceptors (Lipinski definition) is 5. The standard InChI is InChI=1S/C13H19N3O3/c1-18-13-11(3-2-6-15-13)16-12(17)9-19-10-4-7-14-8-5-10/h2-3,6,10,14H,4-5,7-9H2,1H3,(H,16,17). The van der Waals surface area contributed by atoms with Crippen LogP contribution in [-0.2, 0) is 9.53 Å². The zero-order chi connectivity index (χ0) is 13.5. The number of carbonyl (C=O) groups excluding carboxylic acids is 1. The Labute approximate surface area is 112 Å². The minimum absolute atomic E-state index is 0.0582. The molecular formula is C13H19N3O3. The number of amides is 1. The number of hydrogen-bond donors (Lipinski definition) is 2. The third-order valence-electron chi connectivity index (χ3n) is 2.97. The second kappa shape index (κ2) is 7.06. The van der Waals surface area contributed by atoms with E-state index in [0.717, 1.165) is 25.9 Å². The molecule has 0 aromatic carbocycles. The first-order valence-corrected chi connectivity index (χ1v) is 6.41. The van der Waals surface area contributed by atoms with Gasteiger partial charge in [0.2, 0.25) is 5.88 Å². The second-order valence-corrected chi connectivity index (χ2v) is 4.37. The topological polar surface area (TPSA) is 72.5 Å². The second-order valence-electron chi connectivity index (χ2n) is 4.37. The number of carbonyl (C=O) groups is 1. The van der Waals surface area contributed by atoms with E-state index in [1.165, 1.54) is 7.11 Å². The summed E-state index contributed by atoms with van der Waals surface area (Å²) in [5.41, 5.74) is 0.559. The van der Waals surface area contributed by atoms with Crippen LogP contribution in [0.4, 0.5) is 5.69 Å². The summed E-state index contributed by atoms with van der Waals surface area (Å²) >= 11 is 0. The molecule has 2 N–H and O–H groups in total. The number of methoxy groups -OCH3 is 1. The van der Waals surface area contributed by atoms with Crippen LogP contribution in [0.1, 0.15) is 12.8 Å². The van der Waals surface area contributed by atoms with Crippen LogP contribution < -0.4 is 15.4 Å². The van der Waals surface area contributed by atoms with Crippen molar-refractivity contribution in [3.8, 4) is 5.88 Å². The normalized spacial score (nSPS) is 16.1. The first kappa shape index (κ1) is 13.8. The number of pyridine rings is 1. The van der Waals surface area contributed by atoms with Crippen LogP contribution in [-0.4, -0.2) is 43.8 Å². The fourth-order valence-electron chi connectivity index (χ4n) is 1.99. The molecule has 1 saturated heterocycles. The van der Waals surface area contributed by atoms with Gasteiger partial charge in [-0.05, 0) is 38.1 Å². The van der Waals surface area contributed by atoms with Gasteiger partial charge in [0.15, 0.2) is 0 Å². The summed E-state index contributed by atoms with van der Waals surface area (Å²) < 4.78 is 10.6. The van der Waals surface area contributed by atoms with Crippen LogP contribution in [0.25, 0.3) is 0 Å². The summed E-state index contributed by atoms with van der Waals surface area (Å²) in [5.74, 6) is 0.211. The Bertz CT molecular complexity index is 419. The van der Waals surface area contributed by atoms with Gasteiger partial charge in [0.25, 0.3) is 5.91 Å². The van der Waals surface area contributed by atoms with Gasteiger partial charge in [0, 0.05) is 6.20 Å². The van der Waals surface area contributed by atoms with E-state index in [4.69, 9.17) is 9.47 Å². The van der Waals surface area contributed by atoms with Crippen molar-refractivity contribution in [3.05, 3.63) is 18.3 Å². The molecule has 2 heterocycles. The van der Waals surface area contributed by atoms with Crippen molar-refractivity contribution in [2.45, 2.75) is 18.9 Å². The van der Waals surface area contributed by atoms with Gasteiger partial charge in [-0.25, -0.2) is 4.98 Å². The van der Waals surface area contributed by atoms with Crippen LogP contribution in [0, 0.1) is 0 Å². The Morgan fingerprint density at radius 3 is 3.05 bits per heavy atom. The smallest absolute Gasteiger partial charge is 0.250 e. The predicted octanol–water partition coefficient (Wildman–Crippen LogP) is 0.797. The molecule has 0 saturated carbocycles. The third kappa shape index (κ3) is 4.18. The van der Waals surface area contributed by atoms with Crippen LogP contribution >= 0.6 is 0 Å². The molecule has 0 unspecified atom stereocenters. The van der Waals surface area contributed by atoms with Crippen LogP contribution in [0.5, 0.6) is 5.88 Å². The van der Waals surface area contributed by atoms with Crippen LogP contribution in [0.2, 0.25) is 0 Å². The van der Waals surface area contributed by atoms with Crippen molar-refractivity contribution in [2.24, 2.45) is 0 Å². The van der Waals surface area contributed by atoms with E-state index in [1.54, 1.807) is 18.3 Å². The lowest BCUT2D eigenvalue weighted by Crippen LogP contribution is -2.34. The van der Waals surface area contributed by atoms with E-state index in [9.17, 15) is 4.79 Å². The molecule has 1 aromatic rings. The van der Waals surface area contributed by atoms with Crippen molar-refractivity contribution in [1.82, 2.24) is 10.3 Å². The van der Waals surface area contributed by atoms with E-state index in [0.29, 0.717) is 11.6 Å². The fourth-order valence-corrected chi connectivity index (χ4v) is 1.99. The highest BCUT2D eigenvalue weighted by Crippen LogP contribution is 2.19. The molecule has 2 rings (SSSR count). The van der Waals surface area contributed by atoms with E-state index in [1.807, 2.05) is 0 Å². The first-order chi connectivity index (χ1) is 9.29. The lowest BCUT2D eigenvalue weighted by atomic mass is 10.1. The molecule has 0 bridgehead atoms. The molecule has 6 heteroatoms. The summed E-state index contributed by atoms with van der Waals surface area (Å²) in [6.07, 6.45) is 3.68. The zero-order valence-corrected chi connectivity index (χ0v) is 11.0. The molecule has 6 nitrogen and oxygen atoms in total. The van der Waals surface area contributed by atoms with Gasteiger partial charge in [-0.15, -0.1) is 0 Å². The van der Waals surface area contributed by atoms with Gasteiger partial charge in [0.05, 0.1) is 13.2 Å². The Balaban J connectivity index is 1.80. The lowest BCUT2D eigenvalue weighted by Gasteiger charge is -2.22. The average molecular weight is 265 g/mol. The van der Waals surface area contributed by atoms with Gasteiger partial charge in [0.1, 0.15) is 12.3 Å². The Hall–Kier alpha value is -1.66. The number of nitrogens with one attached hydrogen (secondary N) is 2. The molecule has 0 spiro atoms. The molecule has 104 valence electrons. The Morgan fingerprint density at radius 2 is 2.32 bits per heavy atom. The highest BCUT2D eigenvalue weighted by atomic mass is 16.5. The SMILES string of the molecule is COc1ncccc1NC(=O)COC1CCNCC1. The monoisotopic (exact) mass is 265 g/mol. The maximum Gasteiger partial charge on any atom is 0.250 e. The molecule has 0 aliphatic carbocycles. The molecular weight excluding hydrogens is 246 g/mol. The molecule has 1 aromatic heterocycles. The Morgan fingerprint density at radius 1 is 1.53 bits per heavy atom. The number of ether oxygens (including phenoxy) is 2. The van der Waals surface area contributed by atoms with E-state index in [2.05, 4.69) is 15.6 Å². The van der Waals surface area contributed by atoms with Crippen molar-refractivity contribution in [1.29, 1.82) is 0 Å². The maximum atomic E-state index is 11.8. The number of anilines is 1. The number of piperidine rings is 1. The number of rotatable bonds is 5. The molecule has 19 heavy (non-hydrogen) atoms. The molecule has 1 fully saturated rings. The van der Waals surface area contributed by atoms with Gasteiger partial charge >= 0.3 is 0 Å². The average Bonchev–Trinajstić information content (AvgIpc) is 2.47. The summed E-state index contributed by atoms with van der Waals surface area (Å²) in [7, 11) is 1.52. The summed E-state index contributed by atoms with van der Waals surface area (Å²) in [4.78, 5) is 15.8. The third-order valence-corrected chi connectivity index (χ3v) is 2.97. The maximum absolute atomic E-state index is 11.8. The van der Waals surface area contributed by atoms with E-state index >= 15 is 0 Å². The van der Waals surface area contributed by atoms with Gasteiger partial charge in [-0.1, -0.05) is 0 Å². The minimum atomic E-state index is -0.190. The molecule has 1 amide bonds. The van der Waals surface area contributed by atoms with Crippen molar-refractivity contribution in [2.75, 3.05) is 32.1 Å². The minimum Gasteiger partial charge on any atom is -0.480 e. The number of nitrogens with zero attached hydrogens (tertiary/aromatic N) is 1. The fraction of sp³-hybridized carbons (Fsp3) is 0.538. The predicted molar refractivity (Wildman–Crippen MR) is 71.3 cm³/mol. The lowest BCUT2D eigenvalue weighted by molar-refractivity contribution is -0.123. The van der Waals surface area contributed by atoms with E-state index in [-0.39, 0.29) is 18.6 Å². The van der Waals surface area contributed by atoms with Crippen LogP contribution in [0.3, 0.4) is 0 Å². The van der Waals surface area contributed by atoms with Crippen LogP contribution in [0.15, 0.2) is 18.3 Å². The van der Waals surface area contributed by atoms with Gasteiger partial charge < -0.3 is 20.1 Å². The largest absolute Gasteiger partial charge is 0.480 e. The Kier molecular flexibility index (Phi) is 5.11. The molecule has 0 atom stereocenters. The highest BCUT2D eigenvalue weighted by Gasteiger charge is 2.15. The van der Waals surface area contributed by atoms with Gasteiger partial charge in [-0.3, -0.25) is 4.79 Å². The van der Waals surface area contributed by atoms with Gasteiger partial charge in [-0.2, -0.15) is 0 Å². The summed E-state index contributed by atoms with van der Waals surface area (Å²) in [6.45, 7) is 1.95. The summed E-state index contributed by atoms with van der Waals surface area (Å²) in [6, 6.07) is 3.49. The highest BCUT2D eigenvalue weighted by molar-refractivity contribution is 5.92. The number of aromatic nitrogens is 1. The van der Waals surface area contributed by atoms with E-state index < -0.39 is 0 Å². The molecule has 0 radical (unpaired) electrons. The first-order valence-electron chi connectivity index (χ1n) is 6.41. The quantitative estimate of drug-likeness (QED) is 0.824. The molecule has 1 aliphatic heterocycles. The molecule has 1 aliphatic rings. The van der Waals surface area contributed by atoms with Crippen molar-refractivity contribution in [3.63, 3.8) is 0 Å². The zero-order valence-electron chi connectivity index (χ0n) is 11.0. The van der Waals surface area contributed by atoms with Crippen molar-refractivity contribution >= 4 is 11.6 Å². The summed E-state index contributed by atoms with van der Waals surface area (Å²) in [5, 5.41) is 5.99. The van der Waals surface area contributed by atoms with Crippen molar-refractivity contribution < 1.29 is 14.3 Å².